The molecule has 0 bridgehead atoms. The van der Waals surface area contributed by atoms with E-state index < -0.39 is 0 Å². The Morgan fingerprint density at radius 2 is 1.92 bits per heavy atom. The number of nitrogens with one attached hydrogen (secondary N) is 2. The normalized spacial score (nSPS) is 17.1. The van der Waals surface area contributed by atoms with Crippen LogP contribution in [0.25, 0.3) is 0 Å². The van der Waals surface area contributed by atoms with Crippen LogP contribution in [0.15, 0.2) is 48.5 Å². The molecule has 0 saturated carbocycles. The van der Waals surface area contributed by atoms with E-state index in [2.05, 4.69) is 10.6 Å². The Morgan fingerprint density at radius 3 is 2.62 bits per heavy atom. The number of rotatable bonds is 5. The Morgan fingerprint density at radius 1 is 1.12 bits per heavy atom. The molecule has 1 saturated heterocycles. The SMILES string of the molecule is COc1cccc(Oc2ccc(NC(=O)C3CCCNC3)cc2)c1. The number of methoxy groups -OCH3 is 1. The predicted molar refractivity (Wildman–Crippen MR) is 93.7 cm³/mol. The van der Waals surface area contributed by atoms with E-state index >= 15 is 0 Å². The molecule has 0 spiro atoms. The molecule has 1 unspecified atom stereocenters. The van der Waals surface area contributed by atoms with Crippen LogP contribution in [-0.2, 0) is 4.79 Å². The van der Waals surface area contributed by atoms with Gasteiger partial charge in [-0.05, 0) is 55.8 Å². The summed E-state index contributed by atoms with van der Waals surface area (Å²) in [5, 5.41) is 6.22. The van der Waals surface area contributed by atoms with Crippen molar-refractivity contribution < 1.29 is 14.3 Å². The summed E-state index contributed by atoms with van der Waals surface area (Å²) in [7, 11) is 1.62. The second-order valence-electron chi connectivity index (χ2n) is 5.84. The first-order valence-corrected chi connectivity index (χ1v) is 8.18. The smallest absolute Gasteiger partial charge is 0.228 e. The van der Waals surface area contributed by atoms with E-state index in [0.29, 0.717) is 11.5 Å². The second-order valence-corrected chi connectivity index (χ2v) is 5.84. The van der Waals surface area contributed by atoms with Crippen molar-refractivity contribution in [2.24, 2.45) is 5.92 Å². The van der Waals surface area contributed by atoms with Gasteiger partial charge in [-0.15, -0.1) is 0 Å². The van der Waals surface area contributed by atoms with Crippen molar-refractivity contribution >= 4 is 11.6 Å². The highest BCUT2D eigenvalue weighted by atomic mass is 16.5. The highest BCUT2D eigenvalue weighted by Gasteiger charge is 2.20. The summed E-state index contributed by atoms with van der Waals surface area (Å²) in [6.45, 7) is 1.75. The number of amides is 1. The fraction of sp³-hybridized carbons (Fsp3) is 0.316. The van der Waals surface area contributed by atoms with E-state index in [0.717, 1.165) is 37.4 Å². The van der Waals surface area contributed by atoms with Crippen molar-refractivity contribution in [1.29, 1.82) is 0 Å². The molecule has 0 aliphatic carbocycles. The minimum atomic E-state index is 0.0476. The fourth-order valence-corrected chi connectivity index (χ4v) is 2.73. The first-order chi connectivity index (χ1) is 11.7. The van der Waals surface area contributed by atoms with Gasteiger partial charge in [0.15, 0.2) is 0 Å². The van der Waals surface area contributed by atoms with Gasteiger partial charge in [0.05, 0.1) is 13.0 Å². The van der Waals surface area contributed by atoms with E-state index in [-0.39, 0.29) is 11.8 Å². The van der Waals surface area contributed by atoms with Crippen molar-refractivity contribution in [3.8, 4) is 17.2 Å². The molecule has 1 atom stereocenters. The summed E-state index contributed by atoms with van der Waals surface area (Å²) in [5.41, 5.74) is 0.781. The Labute approximate surface area is 142 Å². The van der Waals surface area contributed by atoms with Gasteiger partial charge in [-0.2, -0.15) is 0 Å². The van der Waals surface area contributed by atoms with Crippen LogP contribution in [0.4, 0.5) is 5.69 Å². The molecule has 1 aliphatic rings. The van der Waals surface area contributed by atoms with Crippen molar-refractivity contribution in [3.05, 3.63) is 48.5 Å². The lowest BCUT2D eigenvalue weighted by molar-refractivity contribution is -0.120. The maximum atomic E-state index is 12.2. The molecular formula is C19H22N2O3. The maximum absolute atomic E-state index is 12.2. The molecule has 126 valence electrons. The molecule has 1 amide bonds. The number of hydrogen-bond donors (Lipinski definition) is 2. The van der Waals surface area contributed by atoms with Crippen LogP contribution in [0.1, 0.15) is 12.8 Å². The van der Waals surface area contributed by atoms with E-state index in [9.17, 15) is 4.79 Å². The molecule has 1 heterocycles. The van der Waals surface area contributed by atoms with Crippen LogP contribution < -0.4 is 20.1 Å². The Kier molecular flexibility index (Phi) is 5.33. The van der Waals surface area contributed by atoms with Crippen molar-refractivity contribution in [3.63, 3.8) is 0 Å². The van der Waals surface area contributed by atoms with E-state index in [4.69, 9.17) is 9.47 Å². The van der Waals surface area contributed by atoms with Gasteiger partial charge in [-0.25, -0.2) is 0 Å². The molecule has 0 aromatic heterocycles. The topological polar surface area (TPSA) is 59.6 Å². The molecule has 2 N–H and O–H groups in total. The lowest BCUT2D eigenvalue weighted by Gasteiger charge is -2.21. The highest BCUT2D eigenvalue weighted by molar-refractivity contribution is 5.92. The van der Waals surface area contributed by atoms with Gasteiger partial charge in [-0.3, -0.25) is 4.79 Å². The fourth-order valence-electron chi connectivity index (χ4n) is 2.73. The molecule has 1 aliphatic heterocycles. The van der Waals surface area contributed by atoms with Gasteiger partial charge in [0.25, 0.3) is 0 Å². The molecule has 24 heavy (non-hydrogen) atoms. The molecule has 5 heteroatoms. The number of piperidine rings is 1. The first-order valence-electron chi connectivity index (χ1n) is 8.18. The third kappa shape index (κ3) is 4.26. The zero-order chi connectivity index (χ0) is 16.8. The van der Waals surface area contributed by atoms with Gasteiger partial charge in [0.2, 0.25) is 5.91 Å². The van der Waals surface area contributed by atoms with E-state index in [1.54, 1.807) is 7.11 Å². The molecule has 5 nitrogen and oxygen atoms in total. The van der Waals surface area contributed by atoms with Gasteiger partial charge in [0.1, 0.15) is 17.2 Å². The number of carbonyl (C=O) groups is 1. The summed E-state index contributed by atoms with van der Waals surface area (Å²) < 4.78 is 11.0. The zero-order valence-electron chi connectivity index (χ0n) is 13.7. The summed E-state index contributed by atoms with van der Waals surface area (Å²) in [5.74, 6) is 2.28. The monoisotopic (exact) mass is 326 g/mol. The zero-order valence-corrected chi connectivity index (χ0v) is 13.7. The average Bonchev–Trinajstić information content (AvgIpc) is 2.64. The predicted octanol–water partition coefficient (Wildman–Crippen LogP) is 3.43. The largest absolute Gasteiger partial charge is 0.497 e. The lowest BCUT2D eigenvalue weighted by atomic mass is 9.99. The third-order valence-electron chi connectivity index (χ3n) is 4.07. The number of hydrogen-bond acceptors (Lipinski definition) is 4. The summed E-state index contributed by atoms with van der Waals surface area (Å²) in [4.78, 5) is 12.2. The van der Waals surface area contributed by atoms with Crippen molar-refractivity contribution in [2.45, 2.75) is 12.8 Å². The Hall–Kier alpha value is -2.53. The molecule has 2 aromatic carbocycles. The van der Waals surface area contributed by atoms with Crippen LogP contribution in [0.3, 0.4) is 0 Å². The molecule has 1 fully saturated rings. The number of carbonyl (C=O) groups excluding carboxylic acids is 1. The van der Waals surface area contributed by atoms with Crippen LogP contribution in [0.5, 0.6) is 17.2 Å². The minimum absolute atomic E-state index is 0.0476. The summed E-state index contributed by atoms with van der Waals surface area (Å²) in [6, 6.07) is 14.8. The Bertz CT molecular complexity index is 679. The number of anilines is 1. The summed E-state index contributed by atoms with van der Waals surface area (Å²) >= 11 is 0. The van der Waals surface area contributed by atoms with Crippen LogP contribution in [0, 0.1) is 5.92 Å². The van der Waals surface area contributed by atoms with Crippen molar-refractivity contribution in [1.82, 2.24) is 5.32 Å². The standard InChI is InChI=1S/C19H22N2O3/c1-23-17-5-2-6-18(12-17)24-16-9-7-15(8-10-16)21-19(22)14-4-3-11-20-13-14/h2,5-10,12,14,20H,3-4,11,13H2,1H3,(H,21,22). The van der Waals surface area contributed by atoms with Crippen molar-refractivity contribution in [2.75, 3.05) is 25.5 Å². The van der Waals surface area contributed by atoms with Gasteiger partial charge in [0, 0.05) is 18.3 Å². The molecule has 3 rings (SSSR count). The second kappa shape index (κ2) is 7.84. The number of ether oxygens (including phenoxy) is 2. The first kappa shape index (κ1) is 16.3. The van der Waals surface area contributed by atoms with Gasteiger partial charge >= 0.3 is 0 Å². The molecular weight excluding hydrogens is 304 g/mol. The average molecular weight is 326 g/mol. The Balaban J connectivity index is 1.59. The van der Waals surface area contributed by atoms with Crippen LogP contribution in [-0.4, -0.2) is 26.1 Å². The third-order valence-corrected chi connectivity index (χ3v) is 4.07. The van der Waals surface area contributed by atoms with E-state index in [1.807, 2.05) is 48.5 Å². The molecule has 2 aromatic rings. The quantitative estimate of drug-likeness (QED) is 0.884. The van der Waals surface area contributed by atoms with Gasteiger partial charge < -0.3 is 20.1 Å². The maximum Gasteiger partial charge on any atom is 0.228 e. The molecule has 0 radical (unpaired) electrons. The lowest BCUT2D eigenvalue weighted by Crippen LogP contribution is -2.37. The number of benzene rings is 2. The van der Waals surface area contributed by atoms with E-state index in [1.165, 1.54) is 0 Å². The van der Waals surface area contributed by atoms with Crippen LogP contribution in [0.2, 0.25) is 0 Å². The van der Waals surface area contributed by atoms with Crippen LogP contribution >= 0.6 is 0 Å². The highest BCUT2D eigenvalue weighted by Crippen LogP contribution is 2.26. The van der Waals surface area contributed by atoms with Gasteiger partial charge in [-0.1, -0.05) is 6.07 Å². The minimum Gasteiger partial charge on any atom is -0.497 e. The summed E-state index contributed by atoms with van der Waals surface area (Å²) in [6.07, 6.45) is 1.99.